The highest BCUT2D eigenvalue weighted by molar-refractivity contribution is 7.90. The third kappa shape index (κ3) is 2.94. The molecule has 2 N–H and O–H groups in total. The number of rotatable bonds is 3. The van der Waals surface area contributed by atoms with E-state index < -0.39 is 15.3 Å². The summed E-state index contributed by atoms with van der Waals surface area (Å²) in [4.78, 5) is 0. The Hall–Kier alpha value is -0.640. The summed E-state index contributed by atoms with van der Waals surface area (Å²) in [5, 5.41) is 10.6. The molecule has 2 atom stereocenters. The van der Waals surface area contributed by atoms with E-state index in [9.17, 15) is 8.42 Å². The minimum Gasteiger partial charge on any atom is -0.315 e. The van der Waals surface area contributed by atoms with E-state index in [1.165, 1.54) is 6.92 Å². The smallest absolute Gasteiger partial charge is 0.227 e. The molecule has 0 aliphatic carbocycles. The van der Waals surface area contributed by atoms with Gasteiger partial charge in [-0.15, -0.1) is 0 Å². The lowest BCUT2D eigenvalue weighted by Crippen LogP contribution is -2.47. The van der Waals surface area contributed by atoms with Crippen LogP contribution in [0.3, 0.4) is 0 Å². The predicted octanol–water partition coefficient (Wildman–Crippen LogP) is -0.430. The first-order valence-electron chi connectivity index (χ1n) is 4.68. The molecule has 0 aromatic rings. The summed E-state index contributed by atoms with van der Waals surface area (Å²) in [6.45, 7) is 2.97. The van der Waals surface area contributed by atoms with Crippen LogP contribution >= 0.6 is 0 Å². The topological polar surface area (TPSA) is 82.0 Å². The Morgan fingerprint density at radius 2 is 2.36 bits per heavy atom. The molecule has 1 saturated heterocycles. The Kier molecular flexibility index (Phi) is 3.86. The summed E-state index contributed by atoms with van der Waals surface area (Å²) in [5.41, 5.74) is 0. The van der Waals surface area contributed by atoms with Crippen LogP contribution in [0.5, 0.6) is 0 Å². The first-order valence-corrected chi connectivity index (χ1v) is 6.22. The highest BCUT2D eigenvalue weighted by atomic mass is 32.2. The highest BCUT2D eigenvalue weighted by Gasteiger charge is 2.24. The zero-order valence-electron chi connectivity index (χ0n) is 8.16. The van der Waals surface area contributed by atoms with Gasteiger partial charge in [-0.05, 0) is 26.3 Å². The van der Waals surface area contributed by atoms with Crippen LogP contribution in [0, 0.1) is 11.3 Å². The van der Waals surface area contributed by atoms with E-state index in [0.29, 0.717) is 6.54 Å². The molecule has 14 heavy (non-hydrogen) atoms. The van der Waals surface area contributed by atoms with Gasteiger partial charge in [0.05, 0.1) is 6.07 Å². The lowest BCUT2D eigenvalue weighted by atomic mass is 10.1. The Balaban J connectivity index is 2.54. The predicted molar refractivity (Wildman–Crippen MR) is 53.0 cm³/mol. The Morgan fingerprint density at radius 1 is 1.64 bits per heavy atom. The van der Waals surface area contributed by atoms with E-state index in [0.717, 1.165) is 19.4 Å². The molecule has 0 bridgehead atoms. The highest BCUT2D eigenvalue weighted by Crippen LogP contribution is 2.05. The van der Waals surface area contributed by atoms with E-state index >= 15 is 0 Å². The molecule has 0 aromatic carbocycles. The van der Waals surface area contributed by atoms with Crippen LogP contribution in [-0.4, -0.2) is 32.8 Å². The third-order valence-corrected chi connectivity index (χ3v) is 3.97. The molecule has 0 spiro atoms. The normalized spacial score (nSPS) is 25.3. The number of nitriles is 1. The van der Waals surface area contributed by atoms with Crippen molar-refractivity contribution in [3.8, 4) is 6.07 Å². The van der Waals surface area contributed by atoms with E-state index in [4.69, 9.17) is 5.26 Å². The van der Waals surface area contributed by atoms with Crippen LogP contribution in [0.4, 0.5) is 0 Å². The fourth-order valence-corrected chi connectivity index (χ4v) is 2.36. The molecule has 1 aliphatic heterocycles. The average Bonchev–Trinajstić information content (AvgIpc) is 2.17. The molecule has 0 radical (unpaired) electrons. The van der Waals surface area contributed by atoms with Crippen LogP contribution in [0.15, 0.2) is 0 Å². The largest absolute Gasteiger partial charge is 0.315 e. The van der Waals surface area contributed by atoms with Crippen LogP contribution in [0.1, 0.15) is 19.8 Å². The van der Waals surface area contributed by atoms with Gasteiger partial charge in [-0.2, -0.15) is 5.26 Å². The lowest BCUT2D eigenvalue weighted by molar-refractivity contribution is 0.428. The molecule has 5 nitrogen and oxygen atoms in total. The molecule has 0 saturated carbocycles. The third-order valence-electron chi connectivity index (χ3n) is 2.28. The molecule has 1 heterocycles. The van der Waals surface area contributed by atoms with Gasteiger partial charge in [-0.3, -0.25) is 0 Å². The maximum atomic E-state index is 11.5. The quantitative estimate of drug-likeness (QED) is 0.672. The Labute approximate surface area is 84.5 Å². The number of nitrogens with one attached hydrogen (secondary N) is 2. The van der Waals surface area contributed by atoms with Gasteiger partial charge >= 0.3 is 0 Å². The maximum Gasteiger partial charge on any atom is 0.227 e. The Bertz CT molecular complexity index is 314. The monoisotopic (exact) mass is 217 g/mol. The van der Waals surface area contributed by atoms with Crippen molar-refractivity contribution >= 4 is 10.0 Å². The number of hydrogen-bond acceptors (Lipinski definition) is 4. The van der Waals surface area contributed by atoms with Crippen molar-refractivity contribution < 1.29 is 8.42 Å². The summed E-state index contributed by atoms with van der Waals surface area (Å²) >= 11 is 0. The van der Waals surface area contributed by atoms with Crippen LogP contribution in [-0.2, 0) is 10.0 Å². The minimum absolute atomic E-state index is 0.0652. The van der Waals surface area contributed by atoms with Crippen molar-refractivity contribution in [3.05, 3.63) is 0 Å². The van der Waals surface area contributed by atoms with Gasteiger partial charge in [-0.1, -0.05) is 0 Å². The van der Waals surface area contributed by atoms with Gasteiger partial charge in [0.1, 0.15) is 0 Å². The van der Waals surface area contributed by atoms with Crippen LogP contribution in [0.2, 0.25) is 0 Å². The van der Waals surface area contributed by atoms with Gasteiger partial charge in [0, 0.05) is 12.6 Å². The van der Waals surface area contributed by atoms with Crippen molar-refractivity contribution in [1.29, 1.82) is 5.26 Å². The lowest BCUT2D eigenvalue weighted by Gasteiger charge is -2.24. The zero-order chi connectivity index (χ0) is 10.6. The standard InChI is InChI=1S/C8H15N3O2S/c1-7(5-9)14(12,13)11-8-3-2-4-10-6-8/h7-8,10-11H,2-4,6H2,1H3/t7?,8-/m1/s1. The molecule has 0 aromatic heterocycles. The van der Waals surface area contributed by atoms with E-state index in [1.807, 2.05) is 0 Å². The number of nitrogens with zero attached hydrogens (tertiary/aromatic N) is 1. The van der Waals surface area contributed by atoms with Crippen LogP contribution < -0.4 is 10.0 Å². The maximum absolute atomic E-state index is 11.5. The second-order valence-corrected chi connectivity index (χ2v) is 5.51. The second kappa shape index (κ2) is 4.73. The van der Waals surface area contributed by atoms with Crippen molar-refractivity contribution in [1.82, 2.24) is 10.0 Å². The van der Waals surface area contributed by atoms with Crippen molar-refractivity contribution in [2.75, 3.05) is 13.1 Å². The second-order valence-electron chi connectivity index (χ2n) is 3.48. The first kappa shape index (κ1) is 11.4. The fourth-order valence-electron chi connectivity index (χ4n) is 1.36. The fraction of sp³-hybridized carbons (Fsp3) is 0.875. The summed E-state index contributed by atoms with van der Waals surface area (Å²) in [6, 6.07) is 1.66. The minimum atomic E-state index is -3.46. The zero-order valence-corrected chi connectivity index (χ0v) is 8.97. The van der Waals surface area contributed by atoms with Gasteiger partial charge in [-0.25, -0.2) is 13.1 Å². The molecular formula is C8H15N3O2S. The SMILES string of the molecule is CC(C#N)S(=O)(=O)N[C@@H]1CCCNC1. The van der Waals surface area contributed by atoms with E-state index in [1.54, 1.807) is 6.07 Å². The number of sulfonamides is 1. The van der Waals surface area contributed by atoms with Gasteiger partial charge in [0.25, 0.3) is 0 Å². The molecule has 1 unspecified atom stereocenters. The molecule has 6 heteroatoms. The van der Waals surface area contributed by atoms with Crippen molar-refractivity contribution in [2.45, 2.75) is 31.1 Å². The van der Waals surface area contributed by atoms with Crippen molar-refractivity contribution in [3.63, 3.8) is 0 Å². The van der Waals surface area contributed by atoms with Gasteiger partial charge in [0.15, 0.2) is 5.25 Å². The molecule has 1 rings (SSSR count). The van der Waals surface area contributed by atoms with E-state index in [2.05, 4.69) is 10.0 Å². The summed E-state index contributed by atoms with van der Waals surface area (Å²) in [6.07, 6.45) is 1.80. The average molecular weight is 217 g/mol. The van der Waals surface area contributed by atoms with Crippen LogP contribution in [0.25, 0.3) is 0 Å². The van der Waals surface area contributed by atoms with E-state index in [-0.39, 0.29) is 6.04 Å². The molecule has 80 valence electrons. The summed E-state index contributed by atoms with van der Waals surface area (Å²) < 4.78 is 25.5. The molecule has 1 fully saturated rings. The molecule has 1 aliphatic rings. The Morgan fingerprint density at radius 3 is 2.86 bits per heavy atom. The molecular weight excluding hydrogens is 202 g/mol. The van der Waals surface area contributed by atoms with Gasteiger partial charge < -0.3 is 5.32 Å². The number of hydrogen-bond donors (Lipinski definition) is 2. The molecule has 0 amide bonds. The van der Waals surface area contributed by atoms with Crippen molar-refractivity contribution in [2.24, 2.45) is 0 Å². The van der Waals surface area contributed by atoms with Gasteiger partial charge in [0.2, 0.25) is 10.0 Å². The first-order chi connectivity index (χ1) is 6.56. The summed E-state index contributed by atoms with van der Waals surface area (Å²) in [5.74, 6) is 0. The summed E-state index contributed by atoms with van der Waals surface area (Å²) in [7, 11) is -3.46. The number of piperidine rings is 1.